The zero-order chi connectivity index (χ0) is 24.0. The molecule has 3 aromatic rings. The minimum absolute atomic E-state index is 0.0206. The minimum Gasteiger partial charge on any atom is -0.358 e. The molecule has 1 aromatic heterocycles. The number of carbonyl (C=O) groups excluding carboxylic acids is 2. The van der Waals surface area contributed by atoms with Gasteiger partial charge in [0, 0.05) is 48.8 Å². The molecule has 0 aliphatic carbocycles. The van der Waals surface area contributed by atoms with Crippen molar-refractivity contribution in [2.24, 2.45) is 0 Å². The van der Waals surface area contributed by atoms with E-state index in [0.29, 0.717) is 29.9 Å². The van der Waals surface area contributed by atoms with Gasteiger partial charge in [-0.1, -0.05) is 24.3 Å². The number of anilines is 1. The van der Waals surface area contributed by atoms with E-state index >= 15 is 0 Å². The molecule has 2 aliphatic rings. The first-order valence-corrected chi connectivity index (χ1v) is 11.4. The van der Waals surface area contributed by atoms with Crippen LogP contribution in [0, 0.1) is 19.7 Å². The van der Waals surface area contributed by atoms with Crippen molar-refractivity contribution in [2.75, 3.05) is 38.5 Å². The van der Waals surface area contributed by atoms with E-state index in [0.717, 1.165) is 46.7 Å². The van der Waals surface area contributed by atoms with Crippen molar-refractivity contribution in [1.29, 1.82) is 0 Å². The predicted molar refractivity (Wildman–Crippen MR) is 132 cm³/mol. The van der Waals surface area contributed by atoms with Crippen LogP contribution in [0.5, 0.6) is 0 Å². The summed E-state index contributed by atoms with van der Waals surface area (Å²) < 4.78 is 13.5. The van der Waals surface area contributed by atoms with Crippen LogP contribution < -0.4 is 5.32 Å². The largest absolute Gasteiger partial charge is 0.358 e. The summed E-state index contributed by atoms with van der Waals surface area (Å²) in [5, 5.41) is 2.93. The number of halogens is 1. The zero-order valence-corrected chi connectivity index (χ0v) is 19.5. The van der Waals surface area contributed by atoms with Crippen LogP contribution in [-0.2, 0) is 4.79 Å². The Kier molecular flexibility index (Phi) is 5.57. The number of nitrogens with one attached hydrogen (secondary N) is 2. The number of hydrogen-bond donors (Lipinski definition) is 2. The van der Waals surface area contributed by atoms with E-state index in [2.05, 4.69) is 22.2 Å². The lowest BCUT2D eigenvalue weighted by Crippen LogP contribution is -2.47. The Hall–Kier alpha value is -3.71. The third-order valence-electron chi connectivity index (χ3n) is 6.75. The van der Waals surface area contributed by atoms with Gasteiger partial charge >= 0.3 is 0 Å². The number of piperazine rings is 1. The standard InChI is InChI=1S/C27H27FN4O2/c1-16-23(29-17(2)24(16)27(34)32-13-11-31(3)12-14-32)15-21-25-20(18-7-9-19(28)10-8-18)5-4-6-22(25)30-26(21)33/h4-10,15,29H,11-14H2,1-3H3,(H,30,33)/b21-15-. The number of hydrogen-bond acceptors (Lipinski definition) is 3. The highest BCUT2D eigenvalue weighted by atomic mass is 19.1. The maximum absolute atomic E-state index is 13.5. The first-order valence-electron chi connectivity index (χ1n) is 11.4. The molecule has 5 rings (SSSR count). The number of aryl methyl sites for hydroxylation is 1. The molecule has 0 bridgehead atoms. The van der Waals surface area contributed by atoms with Crippen molar-refractivity contribution in [3.63, 3.8) is 0 Å². The Bertz CT molecular complexity index is 1320. The first-order chi connectivity index (χ1) is 16.3. The van der Waals surface area contributed by atoms with Crippen LogP contribution in [0.3, 0.4) is 0 Å². The zero-order valence-electron chi connectivity index (χ0n) is 19.5. The van der Waals surface area contributed by atoms with Crippen LogP contribution in [0.25, 0.3) is 22.8 Å². The molecule has 1 fully saturated rings. The van der Waals surface area contributed by atoms with Gasteiger partial charge in [0.2, 0.25) is 0 Å². The monoisotopic (exact) mass is 458 g/mol. The number of aromatic nitrogens is 1. The Labute approximate surface area is 198 Å². The molecule has 0 radical (unpaired) electrons. The minimum atomic E-state index is -0.309. The van der Waals surface area contributed by atoms with Crippen molar-refractivity contribution in [3.8, 4) is 11.1 Å². The van der Waals surface area contributed by atoms with E-state index in [4.69, 9.17) is 0 Å². The summed E-state index contributed by atoms with van der Waals surface area (Å²) >= 11 is 0. The van der Waals surface area contributed by atoms with Crippen LogP contribution in [-0.4, -0.2) is 59.8 Å². The molecular weight excluding hydrogens is 431 g/mol. The lowest BCUT2D eigenvalue weighted by molar-refractivity contribution is -0.110. The second-order valence-electron chi connectivity index (χ2n) is 9.01. The number of amides is 2. The highest BCUT2D eigenvalue weighted by Crippen LogP contribution is 2.40. The van der Waals surface area contributed by atoms with Gasteiger partial charge in [-0.3, -0.25) is 9.59 Å². The molecule has 2 N–H and O–H groups in total. The van der Waals surface area contributed by atoms with E-state index < -0.39 is 0 Å². The molecule has 174 valence electrons. The number of H-pyrrole nitrogens is 1. The second kappa shape index (κ2) is 8.57. The average molecular weight is 459 g/mol. The molecule has 34 heavy (non-hydrogen) atoms. The van der Waals surface area contributed by atoms with Gasteiger partial charge in [0.05, 0.1) is 11.1 Å². The maximum Gasteiger partial charge on any atom is 0.256 e. The average Bonchev–Trinajstić information content (AvgIpc) is 3.29. The Morgan fingerprint density at radius 3 is 2.44 bits per heavy atom. The van der Waals surface area contributed by atoms with Gasteiger partial charge in [-0.25, -0.2) is 4.39 Å². The van der Waals surface area contributed by atoms with E-state index in [1.54, 1.807) is 12.1 Å². The van der Waals surface area contributed by atoms with Crippen molar-refractivity contribution < 1.29 is 14.0 Å². The van der Waals surface area contributed by atoms with Crippen LogP contribution in [0.2, 0.25) is 0 Å². The van der Waals surface area contributed by atoms with Gasteiger partial charge in [-0.15, -0.1) is 0 Å². The summed E-state index contributed by atoms with van der Waals surface area (Å²) in [5.74, 6) is -0.494. The van der Waals surface area contributed by atoms with E-state index in [-0.39, 0.29) is 17.6 Å². The molecule has 6 nitrogen and oxygen atoms in total. The van der Waals surface area contributed by atoms with Crippen LogP contribution in [0.4, 0.5) is 10.1 Å². The fourth-order valence-electron chi connectivity index (χ4n) is 4.81. The van der Waals surface area contributed by atoms with Crippen molar-refractivity contribution in [3.05, 3.63) is 76.4 Å². The molecule has 7 heteroatoms. The van der Waals surface area contributed by atoms with Crippen LogP contribution >= 0.6 is 0 Å². The van der Waals surface area contributed by atoms with Crippen molar-refractivity contribution in [2.45, 2.75) is 13.8 Å². The molecule has 0 unspecified atom stereocenters. The van der Waals surface area contributed by atoms with Crippen LogP contribution in [0.1, 0.15) is 32.9 Å². The lowest BCUT2D eigenvalue weighted by atomic mass is 9.94. The summed E-state index contributed by atoms with van der Waals surface area (Å²) in [7, 11) is 2.06. The smallest absolute Gasteiger partial charge is 0.256 e. The molecule has 3 heterocycles. The number of aromatic amines is 1. The third kappa shape index (κ3) is 3.82. The summed E-state index contributed by atoms with van der Waals surface area (Å²) in [5.41, 5.74) is 6.70. The fourth-order valence-corrected chi connectivity index (χ4v) is 4.81. The van der Waals surface area contributed by atoms with Crippen molar-refractivity contribution in [1.82, 2.24) is 14.8 Å². The SMILES string of the molecule is Cc1[nH]c(/C=C2\C(=O)Nc3cccc(-c4ccc(F)cc4)c32)c(C)c1C(=O)N1CCN(C)CC1. The topological polar surface area (TPSA) is 68.4 Å². The van der Waals surface area contributed by atoms with Gasteiger partial charge in [0.1, 0.15) is 5.82 Å². The van der Waals surface area contributed by atoms with Gasteiger partial charge in [0.25, 0.3) is 11.8 Å². The fraction of sp³-hybridized carbons (Fsp3) is 0.259. The van der Waals surface area contributed by atoms with Crippen LogP contribution in [0.15, 0.2) is 42.5 Å². The Morgan fingerprint density at radius 2 is 1.74 bits per heavy atom. The Morgan fingerprint density at radius 1 is 1.03 bits per heavy atom. The summed E-state index contributed by atoms with van der Waals surface area (Å²) in [4.78, 5) is 33.7. The highest BCUT2D eigenvalue weighted by Gasteiger charge is 2.29. The quantitative estimate of drug-likeness (QED) is 0.575. The maximum atomic E-state index is 13.5. The highest BCUT2D eigenvalue weighted by molar-refractivity contribution is 6.36. The summed E-state index contributed by atoms with van der Waals surface area (Å²) in [6, 6.07) is 11.9. The molecule has 1 saturated heterocycles. The number of carbonyl (C=O) groups is 2. The molecule has 0 saturated carbocycles. The van der Waals surface area contributed by atoms with Gasteiger partial charge in [0.15, 0.2) is 0 Å². The third-order valence-corrected chi connectivity index (χ3v) is 6.75. The van der Waals surface area contributed by atoms with Gasteiger partial charge in [-0.2, -0.15) is 0 Å². The lowest BCUT2D eigenvalue weighted by Gasteiger charge is -2.32. The van der Waals surface area contributed by atoms with E-state index in [1.807, 2.05) is 43.0 Å². The molecule has 0 atom stereocenters. The number of likely N-dealkylation sites (N-methyl/N-ethyl adjacent to an activating group) is 1. The molecule has 2 aliphatic heterocycles. The van der Waals surface area contributed by atoms with Gasteiger partial charge in [-0.05, 0) is 61.9 Å². The molecule has 2 aromatic carbocycles. The number of fused-ring (bicyclic) bond motifs is 1. The number of rotatable bonds is 3. The molecule has 0 spiro atoms. The second-order valence-corrected chi connectivity index (χ2v) is 9.01. The van der Waals surface area contributed by atoms with Gasteiger partial charge < -0.3 is 20.1 Å². The van der Waals surface area contributed by atoms with E-state index in [9.17, 15) is 14.0 Å². The first kappa shape index (κ1) is 22.1. The molecule has 2 amide bonds. The molecular formula is C27H27FN4O2. The normalized spacial score (nSPS) is 17.2. The Balaban J connectivity index is 1.55. The summed E-state index contributed by atoms with van der Waals surface area (Å²) in [6.45, 7) is 6.92. The van der Waals surface area contributed by atoms with Crippen molar-refractivity contribution >= 4 is 29.2 Å². The predicted octanol–water partition coefficient (Wildman–Crippen LogP) is 4.32. The number of nitrogens with zero attached hydrogens (tertiary/aromatic N) is 2. The van der Waals surface area contributed by atoms with E-state index in [1.165, 1.54) is 12.1 Å². The summed E-state index contributed by atoms with van der Waals surface area (Å²) in [6.07, 6.45) is 1.82. The number of benzene rings is 2.